The molecule has 0 fully saturated rings. The summed E-state index contributed by atoms with van der Waals surface area (Å²) in [5.41, 5.74) is 0. The second-order valence-corrected chi connectivity index (χ2v) is 3.07. The molecule has 1 aromatic rings. The first-order chi connectivity index (χ1) is 5.20. The molecular formula is C5H9N4OS+. The Kier molecular flexibility index (Phi) is 2.58. The Morgan fingerprint density at radius 1 is 1.82 bits per heavy atom. The van der Waals surface area contributed by atoms with Gasteiger partial charge >= 0.3 is 5.16 Å². The molecular weight excluding hydrogens is 164 g/mol. The van der Waals surface area contributed by atoms with E-state index in [4.69, 9.17) is 0 Å². The van der Waals surface area contributed by atoms with E-state index >= 15 is 0 Å². The number of H-pyrrole nitrogens is 1. The summed E-state index contributed by atoms with van der Waals surface area (Å²) in [6.45, 7) is 1.55. The molecule has 0 aliphatic heterocycles. The summed E-state index contributed by atoms with van der Waals surface area (Å²) < 4.78 is 1.66. The zero-order chi connectivity index (χ0) is 8.27. The number of nitrogens with one attached hydrogen (secondary N) is 1. The molecule has 1 aromatic heterocycles. The van der Waals surface area contributed by atoms with Crippen LogP contribution in [-0.2, 0) is 11.8 Å². The van der Waals surface area contributed by atoms with E-state index in [0.717, 1.165) is 5.16 Å². The van der Waals surface area contributed by atoms with Crippen LogP contribution in [-0.4, -0.2) is 27.1 Å². The lowest BCUT2D eigenvalue weighted by atomic mass is 10.5. The van der Waals surface area contributed by atoms with Crippen molar-refractivity contribution in [2.45, 2.75) is 12.1 Å². The maximum Gasteiger partial charge on any atom is 0.360 e. The van der Waals surface area contributed by atoms with Crippen molar-refractivity contribution < 1.29 is 9.48 Å². The number of rotatable bonds is 3. The lowest BCUT2D eigenvalue weighted by Crippen LogP contribution is -2.32. The molecule has 0 saturated heterocycles. The highest BCUT2D eigenvalue weighted by Gasteiger charge is 2.11. The minimum absolute atomic E-state index is 0.137. The highest BCUT2D eigenvalue weighted by molar-refractivity contribution is 7.99. The Labute approximate surface area is 68.2 Å². The molecule has 60 valence electrons. The number of hydrogen-bond acceptors (Lipinski definition) is 4. The molecule has 0 bridgehead atoms. The molecule has 5 nitrogen and oxygen atoms in total. The molecule has 0 spiro atoms. The normalized spacial score (nSPS) is 10.0. The van der Waals surface area contributed by atoms with Crippen molar-refractivity contribution in [2.75, 3.05) is 5.75 Å². The van der Waals surface area contributed by atoms with Crippen LogP contribution in [0.4, 0.5) is 0 Å². The Morgan fingerprint density at radius 3 is 3.00 bits per heavy atom. The number of aryl methyl sites for hydroxylation is 1. The molecule has 1 N–H and O–H groups in total. The first-order valence-electron chi connectivity index (χ1n) is 3.09. The summed E-state index contributed by atoms with van der Waals surface area (Å²) in [7, 11) is 1.79. The van der Waals surface area contributed by atoms with Gasteiger partial charge in [-0.1, -0.05) is 5.21 Å². The first-order valence-corrected chi connectivity index (χ1v) is 4.08. The first kappa shape index (κ1) is 8.19. The number of tetrazole rings is 1. The smallest absolute Gasteiger partial charge is 0.299 e. The predicted octanol–water partition coefficient (Wildman–Crippen LogP) is -0.690. The monoisotopic (exact) mass is 173 g/mol. The number of carbonyl (C=O) groups is 1. The van der Waals surface area contributed by atoms with Gasteiger partial charge < -0.3 is 0 Å². The van der Waals surface area contributed by atoms with E-state index in [0.29, 0.717) is 5.75 Å². The van der Waals surface area contributed by atoms with Crippen LogP contribution in [0.25, 0.3) is 0 Å². The third-order valence-electron chi connectivity index (χ3n) is 1.02. The number of aromatic amines is 1. The quantitative estimate of drug-likeness (QED) is 0.485. The van der Waals surface area contributed by atoms with Crippen molar-refractivity contribution in [3.63, 3.8) is 0 Å². The fraction of sp³-hybridized carbons (Fsp3) is 0.600. The van der Waals surface area contributed by atoms with Crippen LogP contribution >= 0.6 is 11.8 Å². The van der Waals surface area contributed by atoms with Crippen LogP contribution in [0.1, 0.15) is 6.92 Å². The molecule has 1 heterocycles. The largest absolute Gasteiger partial charge is 0.360 e. The van der Waals surface area contributed by atoms with Gasteiger partial charge in [0, 0.05) is 0 Å². The SMILES string of the molecule is CC(=O)CSc1nn[nH][n+]1C. The van der Waals surface area contributed by atoms with E-state index in [9.17, 15) is 4.79 Å². The summed E-state index contributed by atoms with van der Waals surface area (Å²) in [6, 6.07) is 0. The van der Waals surface area contributed by atoms with Crippen LogP contribution in [0, 0.1) is 0 Å². The van der Waals surface area contributed by atoms with E-state index in [1.807, 2.05) is 0 Å². The Balaban J connectivity index is 2.51. The Morgan fingerprint density at radius 2 is 2.55 bits per heavy atom. The van der Waals surface area contributed by atoms with Crippen molar-refractivity contribution >= 4 is 17.5 Å². The topological polar surface area (TPSA) is 62.5 Å². The third kappa shape index (κ3) is 2.30. The number of thioether (sulfide) groups is 1. The van der Waals surface area contributed by atoms with Gasteiger partial charge in [-0.05, 0) is 18.7 Å². The zero-order valence-corrected chi connectivity index (χ0v) is 7.18. The Bertz CT molecular complexity index is 259. The standard InChI is InChI=1S/C5H8N4OS/c1-4(10)3-11-5-6-7-8-9(5)2/h3H2,1-2H3/p+1. The number of ketones is 1. The van der Waals surface area contributed by atoms with Crippen molar-refractivity contribution in [1.29, 1.82) is 0 Å². The van der Waals surface area contributed by atoms with Gasteiger partial charge in [0.25, 0.3) is 0 Å². The molecule has 0 amide bonds. The van der Waals surface area contributed by atoms with Crippen LogP contribution in [0.2, 0.25) is 0 Å². The zero-order valence-electron chi connectivity index (χ0n) is 6.37. The van der Waals surface area contributed by atoms with Gasteiger partial charge in [0.1, 0.15) is 10.9 Å². The lowest BCUT2D eigenvalue weighted by molar-refractivity contribution is -0.765. The minimum atomic E-state index is 0.137. The average molecular weight is 173 g/mol. The summed E-state index contributed by atoms with van der Waals surface area (Å²) >= 11 is 1.37. The predicted molar refractivity (Wildman–Crippen MR) is 39.0 cm³/mol. The Hall–Kier alpha value is -0.910. The lowest BCUT2D eigenvalue weighted by Gasteiger charge is -1.87. The van der Waals surface area contributed by atoms with E-state index in [1.54, 1.807) is 18.7 Å². The van der Waals surface area contributed by atoms with E-state index in [-0.39, 0.29) is 5.78 Å². The second kappa shape index (κ2) is 3.47. The van der Waals surface area contributed by atoms with Gasteiger partial charge in [-0.2, -0.15) is 4.68 Å². The van der Waals surface area contributed by atoms with E-state index in [1.165, 1.54) is 11.8 Å². The third-order valence-corrected chi connectivity index (χ3v) is 2.19. The van der Waals surface area contributed by atoms with Gasteiger partial charge in [0.2, 0.25) is 0 Å². The number of aromatic nitrogens is 4. The number of hydrogen-bond donors (Lipinski definition) is 1. The van der Waals surface area contributed by atoms with Crippen LogP contribution in [0.3, 0.4) is 0 Å². The summed E-state index contributed by atoms with van der Waals surface area (Å²) in [6.07, 6.45) is 0. The van der Waals surface area contributed by atoms with Gasteiger partial charge in [0.05, 0.1) is 12.8 Å². The number of nitrogens with zero attached hydrogens (tertiary/aromatic N) is 3. The molecule has 0 atom stereocenters. The van der Waals surface area contributed by atoms with Gasteiger partial charge in [0.15, 0.2) is 5.21 Å². The van der Waals surface area contributed by atoms with Gasteiger partial charge in [-0.3, -0.25) is 4.79 Å². The van der Waals surface area contributed by atoms with Crippen LogP contribution < -0.4 is 4.68 Å². The molecule has 11 heavy (non-hydrogen) atoms. The molecule has 6 heteroatoms. The fourth-order valence-electron chi connectivity index (χ4n) is 0.534. The molecule has 0 radical (unpaired) electrons. The van der Waals surface area contributed by atoms with E-state index in [2.05, 4.69) is 15.5 Å². The number of Topliss-reactive ketones (excluding diaryl/α,β-unsaturated/α-hetero) is 1. The average Bonchev–Trinajstić information content (AvgIpc) is 2.31. The van der Waals surface area contributed by atoms with Crippen molar-refractivity contribution in [3.8, 4) is 0 Å². The minimum Gasteiger partial charge on any atom is -0.299 e. The highest BCUT2D eigenvalue weighted by Crippen LogP contribution is 2.07. The fourth-order valence-corrected chi connectivity index (χ4v) is 1.20. The van der Waals surface area contributed by atoms with Crippen molar-refractivity contribution in [3.05, 3.63) is 0 Å². The van der Waals surface area contributed by atoms with Crippen molar-refractivity contribution in [2.24, 2.45) is 7.05 Å². The summed E-state index contributed by atoms with van der Waals surface area (Å²) in [5, 5.41) is 10.6. The van der Waals surface area contributed by atoms with Crippen LogP contribution in [0.5, 0.6) is 0 Å². The molecule has 0 saturated carbocycles. The van der Waals surface area contributed by atoms with Gasteiger partial charge in [-0.25, -0.2) is 0 Å². The van der Waals surface area contributed by atoms with Crippen molar-refractivity contribution in [1.82, 2.24) is 15.5 Å². The molecule has 0 unspecified atom stereocenters. The summed E-state index contributed by atoms with van der Waals surface area (Å²) in [5.74, 6) is 0.582. The molecule has 0 aliphatic carbocycles. The number of carbonyl (C=O) groups excluding carboxylic acids is 1. The summed E-state index contributed by atoms with van der Waals surface area (Å²) in [4.78, 5) is 10.6. The second-order valence-electron chi connectivity index (χ2n) is 2.13. The maximum absolute atomic E-state index is 10.6. The molecule has 0 aromatic carbocycles. The van der Waals surface area contributed by atoms with E-state index < -0.39 is 0 Å². The molecule has 1 rings (SSSR count). The van der Waals surface area contributed by atoms with Crippen LogP contribution in [0.15, 0.2) is 5.16 Å². The highest BCUT2D eigenvalue weighted by atomic mass is 32.2. The molecule has 0 aliphatic rings. The maximum atomic E-state index is 10.6. The van der Waals surface area contributed by atoms with Gasteiger partial charge in [-0.15, -0.1) is 0 Å².